The Bertz CT molecular complexity index is 717. The van der Waals surface area contributed by atoms with Crippen LogP contribution in [-0.4, -0.2) is 19.0 Å². The molecule has 1 amide bonds. The van der Waals surface area contributed by atoms with Crippen molar-refractivity contribution in [1.29, 1.82) is 5.26 Å². The molecular weight excluding hydrogens is 256 g/mol. The van der Waals surface area contributed by atoms with Crippen molar-refractivity contribution in [1.82, 2.24) is 0 Å². The number of amides is 1. The summed E-state index contributed by atoms with van der Waals surface area (Å²) in [5.41, 5.74) is 1.06. The van der Waals surface area contributed by atoms with Gasteiger partial charge in [-0.15, -0.1) is 0 Å². The fraction of sp³-hybridized carbons (Fsp3) is 0.133. The first kappa shape index (κ1) is 13.6. The minimum atomic E-state index is -0.406. The van der Waals surface area contributed by atoms with E-state index >= 15 is 0 Å². The zero-order chi connectivity index (χ0) is 14.5. The third kappa shape index (κ3) is 2.75. The van der Waals surface area contributed by atoms with Gasteiger partial charge in [0.25, 0.3) is 0 Å². The maximum absolute atomic E-state index is 11.6. The van der Waals surface area contributed by atoms with Gasteiger partial charge in [0.1, 0.15) is 6.42 Å². The Kier molecular flexibility index (Phi) is 3.96. The second kappa shape index (κ2) is 5.85. The Morgan fingerprint density at radius 3 is 2.80 bits per heavy atom. The quantitative estimate of drug-likeness (QED) is 0.867. The van der Waals surface area contributed by atoms with Crippen LogP contribution in [0.25, 0.3) is 10.8 Å². The third-order valence-corrected chi connectivity index (χ3v) is 2.81. The molecule has 1 N–H and O–H groups in total. The van der Waals surface area contributed by atoms with Crippen molar-refractivity contribution in [3.8, 4) is 6.07 Å². The molecule has 0 spiro atoms. The third-order valence-electron chi connectivity index (χ3n) is 2.81. The van der Waals surface area contributed by atoms with E-state index < -0.39 is 5.97 Å². The van der Waals surface area contributed by atoms with Crippen LogP contribution < -0.4 is 5.32 Å². The summed E-state index contributed by atoms with van der Waals surface area (Å²) in [5.74, 6) is -0.771. The zero-order valence-corrected chi connectivity index (χ0v) is 10.8. The number of carbonyl (C=O) groups excluding carboxylic acids is 2. The number of nitrogens with one attached hydrogen (secondary N) is 1. The van der Waals surface area contributed by atoms with Crippen molar-refractivity contribution in [3.05, 3.63) is 42.0 Å². The van der Waals surface area contributed by atoms with Gasteiger partial charge in [-0.1, -0.05) is 18.2 Å². The smallest absolute Gasteiger partial charge is 0.338 e. The molecule has 0 unspecified atom stereocenters. The van der Waals surface area contributed by atoms with Gasteiger partial charge in [0, 0.05) is 5.69 Å². The Balaban J connectivity index is 2.39. The van der Waals surface area contributed by atoms with Gasteiger partial charge in [-0.25, -0.2) is 4.79 Å². The highest BCUT2D eigenvalue weighted by Crippen LogP contribution is 2.23. The molecule has 2 aromatic carbocycles. The van der Waals surface area contributed by atoms with E-state index in [9.17, 15) is 9.59 Å². The molecule has 0 aromatic heterocycles. The molecule has 0 radical (unpaired) electrons. The molecule has 2 rings (SSSR count). The number of esters is 1. The summed E-state index contributed by atoms with van der Waals surface area (Å²) in [4.78, 5) is 23.0. The van der Waals surface area contributed by atoms with Crippen LogP contribution in [0.2, 0.25) is 0 Å². The van der Waals surface area contributed by atoms with Gasteiger partial charge in [-0.2, -0.15) is 5.26 Å². The minimum Gasteiger partial charge on any atom is -0.465 e. The molecular formula is C15H12N2O3. The van der Waals surface area contributed by atoms with Gasteiger partial charge >= 0.3 is 5.97 Å². The molecule has 2 aromatic rings. The number of anilines is 1. The van der Waals surface area contributed by atoms with E-state index in [1.54, 1.807) is 36.4 Å². The second-order valence-electron chi connectivity index (χ2n) is 4.12. The number of carbonyl (C=O) groups is 2. The first-order chi connectivity index (χ1) is 9.65. The number of hydrogen-bond donors (Lipinski definition) is 1. The SMILES string of the molecule is COC(=O)c1cccc2cc(NC(=O)CC#N)ccc12. The summed E-state index contributed by atoms with van der Waals surface area (Å²) in [5, 5.41) is 12.6. The first-order valence-corrected chi connectivity index (χ1v) is 5.93. The van der Waals surface area contributed by atoms with Crippen LogP contribution in [0.15, 0.2) is 36.4 Å². The summed E-state index contributed by atoms with van der Waals surface area (Å²) >= 11 is 0. The van der Waals surface area contributed by atoms with Gasteiger partial charge in [-0.3, -0.25) is 4.79 Å². The van der Waals surface area contributed by atoms with Gasteiger partial charge in [0.15, 0.2) is 0 Å². The molecule has 0 aliphatic rings. The van der Waals surface area contributed by atoms with Crippen molar-refractivity contribution >= 4 is 28.3 Å². The number of methoxy groups -OCH3 is 1. The van der Waals surface area contributed by atoms with E-state index in [4.69, 9.17) is 10.00 Å². The van der Waals surface area contributed by atoms with Crippen molar-refractivity contribution < 1.29 is 14.3 Å². The Morgan fingerprint density at radius 1 is 1.30 bits per heavy atom. The maximum Gasteiger partial charge on any atom is 0.338 e. The summed E-state index contributed by atoms with van der Waals surface area (Å²) in [6.45, 7) is 0. The van der Waals surface area contributed by atoms with Crippen molar-refractivity contribution in [2.45, 2.75) is 6.42 Å². The van der Waals surface area contributed by atoms with Crippen LogP contribution >= 0.6 is 0 Å². The lowest BCUT2D eigenvalue weighted by molar-refractivity contribution is -0.115. The Labute approximate surface area is 115 Å². The number of hydrogen-bond acceptors (Lipinski definition) is 4. The normalized spacial score (nSPS) is 9.80. The van der Waals surface area contributed by atoms with Gasteiger partial charge in [0.2, 0.25) is 5.91 Å². The van der Waals surface area contributed by atoms with E-state index in [1.807, 2.05) is 6.07 Å². The highest BCUT2D eigenvalue weighted by Gasteiger charge is 2.10. The van der Waals surface area contributed by atoms with Crippen LogP contribution in [0.3, 0.4) is 0 Å². The lowest BCUT2D eigenvalue weighted by Gasteiger charge is -2.07. The van der Waals surface area contributed by atoms with Crippen LogP contribution in [0.5, 0.6) is 0 Å². The van der Waals surface area contributed by atoms with Crippen LogP contribution in [-0.2, 0) is 9.53 Å². The fourth-order valence-electron chi connectivity index (χ4n) is 1.93. The Hall–Kier alpha value is -2.87. The highest BCUT2D eigenvalue weighted by atomic mass is 16.5. The number of rotatable bonds is 3. The molecule has 0 heterocycles. The van der Waals surface area contributed by atoms with E-state index in [2.05, 4.69) is 5.32 Å². The molecule has 0 aliphatic heterocycles. The summed E-state index contributed by atoms with van der Waals surface area (Å²) < 4.78 is 4.73. The Morgan fingerprint density at radius 2 is 2.10 bits per heavy atom. The summed E-state index contributed by atoms with van der Waals surface area (Å²) in [7, 11) is 1.33. The largest absolute Gasteiger partial charge is 0.465 e. The predicted octanol–water partition coefficient (Wildman–Crippen LogP) is 2.48. The predicted molar refractivity (Wildman–Crippen MR) is 74.1 cm³/mol. The topological polar surface area (TPSA) is 79.2 Å². The van der Waals surface area contributed by atoms with Crippen LogP contribution in [0, 0.1) is 11.3 Å². The molecule has 0 atom stereocenters. The van der Waals surface area contributed by atoms with E-state index in [0.717, 1.165) is 10.8 Å². The summed E-state index contributed by atoms with van der Waals surface area (Å²) in [6, 6.07) is 12.2. The van der Waals surface area contributed by atoms with Crippen LogP contribution in [0.4, 0.5) is 5.69 Å². The summed E-state index contributed by atoms with van der Waals surface area (Å²) in [6.07, 6.45) is -0.194. The number of fused-ring (bicyclic) bond motifs is 1. The molecule has 20 heavy (non-hydrogen) atoms. The van der Waals surface area contributed by atoms with Crippen molar-refractivity contribution in [2.75, 3.05) is 12.4 Å². The lowest BCUT2D eigenvalue weighted by atomic mass is 10.0. The fourth-order valence-corrected chi connectivity index (χ4v) is 1.93. The van der Waals surface area contributed by atoms with Gasteiger partial charge in [0.05, 0.1) is 18.7 Å². The molecule has 5 heteroatoms. The minimum absolute atomic E-state index is 0.194. The van der Waals surface area contributed by atoms with Crippen molar-refractivity contribution in [2.24, 2.45) is 0 Å². The first-order valence-electron chi connectivity index (χ1n) is 5.93. The second-order valence-corrected chi connectivity index (χ2v) is 4.12. The molecule has 0 aliphatic carbocycles. The van der Waals surface area contributed by atoms with E-state index in [1.165, 1.54) is 7.11 Å². The molecule has 0 saturated heterocycles. The standard InChI is InChI=1S/C15H12N2O3/c1-20-15(19)13-4-2-3-10-9-11(5-6-12(10)13)17-14(18)7-8-16/h2-6,9H,7H2,1H3,(H,17,18). The monoisotopic (exact) mass is 268 g/mol. The number of ether oxygens (including phenoxy) is 1. The average molecular weight is 268 g/mol. The van der Waals surface area contributed by atoms with Gasteiger partial charge < -0.3 is 10.1 Å². The number of nitriles is 1. The van der Waals surface area contributed by atoms with E-state index in [0.29, 0.717) is 11.3 Å². The zero-order valence-electron chi connectivity index (χ0n) is 10.8. The molecule has 5 nitrogen and oxygen atoms in total. The maximum atomic E-state index is 11.6. The molecule has 0 bridgehead atoms. The molecule has 0 saturated carbocycles. The lowest BCUT2D eigenvalue weighted by Crippen LogP contribution is -2.10. The molecule has 100 valence electrons. The van der Waals surface area contributed by atoms with E-state index in [-0.39, 0.29) is 12.3 Å². The highest BCUT2D eigenvalue weighted by molar-refractivity contribution is 6.05. The van der Waals surface area contributed by atoms with Crippen LogP contribution in [0.1, 0.15) is 16.8 Å². The number of nitrogens with zero attached hydrogens (tertiary/aromatic N) is 1. The van der Waals surface area contributed by atoms with Gasteiger partial charge in [-0.05, 0) is 29.0 Å². The van der Waals surface area contributed by atoms with Crippen molar-refractivity contribution in [3.63, 3.8) is 0 Å². The average Bonchev–Trinajstić information content (AvgIpc) is 2.45. The number of benzene rings is 2. The molecule has 0 fully saturated rings.